The summed E-state index contributed by atoms with van der Waals surface area (Å²) in [7, 11) is 0. The molecule has 2 aromatic carbocycles. The molecule has 2 rings (SSSR count). The largest absolute Gasteiger partial charge is 0.341 e. The number of halogens is 2. The van der Waals surface area contributed by atoms with Gasteiger partial charge in [0.1, 0.15) is 5.82 Å². The summed E-state index contributed by atoms with van der Waals surface area (Å²) >= 11 is 11.3. The molecule has 2 aromatic rings. The molecule has 0 aromatic heterocycles. The molecule has 0 aliphatic heterocycles. The van der Waals surface area contributed by atoms with Crippen LogP contribution < -0.4 is 10.6 Å². The maximum absolute atomic E-state index is 11.9. The summed E-state index contributed by atoms with van der Waals surface area (Å²) < 4.78 is 0. The number of rotatable bonds is 6. The molecular weight excluding hydrogens is 331 g/mol. The zero-order valence-electron chi connectivity index (χ0n) is 12.9. The molecule has 0 unspecified atom stereocenters. The summed E-state index contributed by atoms with van der Waals surface area (Å²) in [6, 6.07) is 15.6. The molecule has 0 aliphatic carbocycles. The van der Waals surface area contributed by atoms with Crippen molar-refractivity contribution in [2.75, 3.05) is 10.6 Å². The third-order valence-electron chi connectivity index (χ3n) is 3.33. The maximum atomic E-state index is 11.9. The predicted molar refractivity (Wildman–Crippen MR) is 98.2 cm³/mol. The number of allylic oxidation sites excluding steroid dienone is 1. The third kappa shape index (κ3) is 5.02. The van der Waals surface area contributed by atoms with Crippen molar-refractivity contribution in [3.63, 3.8) is 0 Å². The van der Waals surface area contributed by atoms with Crippen LogP contribution in [0.5, 0.6) is 0 Å². The van der Waals surface area contributed by atoms with Crippen molar-refractivity contribution in [2.24, 2.45) is 0 Å². The van der Waals surface area contributed by atoms with Crippen molar-refractivity contribution in [1.82, 2.24) is 0 Å². The van der Waals surface area contributed by atoms with Crippen molar-refractivity contribution >= 4 is 40.4 Å². The van der Waals surface area contributed by atoms with Crippen LogP contribution in [0.3, 0.4) is 0 Å². The Morgan fingerprint density at radius 2 is 1.35 bits per heavy atom. The highest BCUT2D eigenvalue weighted by Gasteiger charge is 2.12. The molecule has 0 amide bonds. The van der Waals surface area contributed by atoms with E-state index >= 15 is 0 Å². The van der Waals surface area contributed by atoms with Gasteiger partial charge in [-0.05, 0) is 37.1 Å². The molecule has 0 aliphatic rings. The minimum absolute atomic E-state index is 0.384. The number of aryl methyl sites for hydroxylation is 2. The quantitative estimate of drug-likeness (QED) is 0.567. The van der Waals surface area contributed by atoms with Crippen LogP contribution in [0.25, 0.3) is 0 Å². The van der Waals surface area contributed by atoms with E-state index in [9.17, 15) is 4.79 Å². The Bertz CT molecular complexity index is 677. The highest BCUT2D eigenvalue weighted by atomic mass is 35.5. The van der Waals surface area contributed by atoms with Crippen LogP contribution in [0.2, 0.25) is 0 Å². The lowest BCUT2D eigenvalue weighted by Gasteiger charge is -2.16. The standard InChI is InChI=1S/C18H18Cl2N2O/c1-12-7-3-5-9-14(12)21-17(11-16(23)18(19)20)22-15-10-6-4-8-13(15)2/h3-11,18,21-22H,1-2H3. The first-order chi connectivity index (χ1) is 11.0. The number of carbonyl (C=O) groups is 1. The summed E-state index contributed by atoms with van der Waals surface area (Å²) in [5, 5.41) is 6.44. The average molecular weight is 349 g/mol. The van der Waals surface area contributed by atoms with Crippen LogP contribution in [0.4, 0.5) is 11.4 Å². The van der Waals surface area contributed by atoms with Gasteiger partial charge in [0.15, 0.2) is 10.6 Å². The lowest BCUT2D eigenvalue weighted by Crippen LogP contribution is -2.15. The van der Waals surface area contributed by atoms with E-state index in [1.54, 1.807) is 0 Å². The van der Waals surface area contributed by atoms with Gasteiger partial charge in [0, 0.05) is 17.5 Å². The smallest absolute Gasteiger partial charge is 0.192 e. The number of ketones is 1. The second-order valence-corrected chi connectivity index (χ2v) is 6.24. The van der Waals surface area contributed by atoms with Gasteiger partial charge in [-0.25, -0.2) is 0 Å². The third-order valence-corrected chi connectivity index (χ3v) is 3.76. The highest BCUT2D eigenvalue weighted by Crippen LogP contribution is 2.20. The normalized spacial score (nSPS) is 10.3. The Hall–Kier alpha value is -1.97. The Morgan fingerprint density at radius 1 is 0.913 bits per heavy atom. The first-order valence-corrected chi connectivity index (χ1v) is 8.03. The summed E-state index contributed by atoms with van der Waals surface area (Å²) in [5.74, 6) is 0.135. The van der Waals surface area contributed by atoms with Gasteiger partial charge in [0.05, 0.1) is 0 Å². The first-order valence-electron chi connectivity index (χ1n) is 7.16. The molecule has 0 radical (unpaired) electrons. The molecule has 0 fully saturated rings. The molecule has 0 saturated carbocycles. The molecule has 0 heterocycles. The molecule has 2 N–H and O–H groups in total. The van der Waals surface area contributed by atoms with Crippen LogP contribution in [-0.2, 0) is 4.79 Å². The molecule has 3 nitrogen and oxygen atoms in total. The second kappa shape index (κ2) is 8.04. The molecule has 120 valence electrons. The Morgan fingerprint density at radius 3 is 1.74 bits per heavy atom. The van der Waals surface area contributed by atoms with Crippen LogP contribution in [0.1, 0.15) is 11.1 Å². The fourth-order valence-corrected chi connectivity index (χ4v) is 2.15. The van der Waals surface area contributed by atoms with Gasteiger partial charge in [-0.15, -0.1) is 0 Å². The number of anilines is 2. The number of hydrogen-bond donors (Lipinski definition) is 2. The molecule has 0 bridgehead atoms. The van der Waals surface area contributed by atoms with Gasteiger partial charge in [-0.3, -0.25) is 4.79 Å². The minimum Gasteiger partial charge on any atom is -0.341 e. The van der Waals surface area contributed by atoms with Crippen molar-refractivity contribution in [2.45, 2.75) is 18.7 Å². The number of nitrogens with one attached hydrogen (secondary N) is 2. The van der Waals surface area contributed by atoms with E-state index in [4.69, 9.17) is 23.2 Å². The van der Waals surface area contributed by atoms with Crippen molar-refractivity contribution < 1.29 is 4.79 Å². The summed E-state index contributed by atoms with van der Waals surface area (Å²) in [6.07, 6.45) is 1.38. The summed E-state index contributed by atoms with van der Waals surface area (Å²) in [6.45, 7) is 3.98. The molecule has 23 heavy (non-hydrogen) atoms. The Kier molecular flexibility index (Phi) is 6.08. The van der Waals surface area contributed by atoms with Crippen molar-refractivity contribution in [3.8, 4) is 0 Å². The second-order valence-electron chi connectivity index (χ2n) is 5.14. The molecule has 0 saturated heterocycles. The molecule has 0 spiro atoms. The van der Waals surface area contributed by atoms with E-state index in [0.29, 0.717) is 5.82 Å². The zero-order chi connectivity index (χ0) is 16.8. The van der Waals surface area contributed by atoms with E-state index in [2.05, 4.69) is 10.6 Å². The number of para-hydroxylation sites is 2. The van der Waals surface area contributed by atoms with E-state index < -0.39 is 4.84 Å². The zero-order valence-corrected chi connectivity index (χ0v) is 14.4. The van der Waals surface area contributed by atoms with Gasteiger partial charge in [0.2, 0.25) is 0 Å². The van der Waals surface area contributed by atoms with Gasteiger partial charge >= 0.3 is 0 Å². The van der Waals surface area contributed by atoms with Crippen molar-refractivity contribution in [3.05, 3.63) is 71.6 Å². The van der Waals surface area contributed by atoms with E-state index in [0.717, 1.165) is 22.5 Å². The van der Waals surface area contributed by atoms with E-state index in [1.807, 2.05) is 62.4 Å². The van der Waals surface area contributed by atoms with Crippen LogP contribution >= 0.6 is 23.2 Å². The van der Waals surface area contributed by atoms with Crippen LogP contribution in [-0.4, -0.2) is 10.6 Å². The van der Waals surface area contributed by atoms with Crippen molar-refractivity contribution in [1.29, 1.82) is 0 Å². The van der Waals surface area contributed by atoms with Gasteiger partial charge in [-0.1, -0.05) is 59.6 Å². The predicted octanol–water partition coefficient (Wildman–Crippen LogP) is 5.04. The Balaban J connectivity index is 2.31. The highest BCUT2D eigenvalue weighted by molar-refractivity contribution is 6.54. The molecular formula is C18H18Cl2N2O. The lowest BCUT2D eigenvalue weighted by atomic mass is 10.2. The minimum atomic E-state index is -1.10. The van der Waals surface area contributed by atoms with Crippen LogP contribution in [0.15, 0.2) is 60.4 Å². The van der Waals surface area contributed by atoms with E-state index in [-0.39, 0.29) is 5.78 Å². The SMILES string of the molecule is Cc1ccccc1NC(=CC(=O)C(Cl)Cl)Nc1ccccc1C. The fourth-order valence-electron chi connectivity index (χ4n) is 2.03. The summed E-state index contributed by atoms with van der Waals surface area (Å²) in [4.78, 5) is 10.8. The van der Waals surface area contributed by atoms with Gasteiger partial charge in [-0.2, -0.15) is 0 Å². The topological polar surface area (TPSA) is 41.1 Å². The monoisotopic (exact) mass is 348 g/mol. The first kappa shape index (κ1) is 17.4. The van der Waals surface area contributed by atoms with Gasteiger partial charge < -0.3 is 10.6 Å². The molecule has 5 heteroatoms. The Labute approximate surface area is 146 Å². The number of alkyl halides is 2. The maximum Gasteiger partial charge on any atom is 0.192 e. The average Bonchev–Trinajstić information content (AvgIpc) is 2.51. The van der Waals surface area contributed by atoms with Gasteiger partial charge in [0.25, 0.3) is 0 Å². The van der Waals surface area contributed by atoms with E-state index in [1.165, 1.54) is 6.08 Å². The number of benzene rings is 2. The molecule has 0 atom stereocenters. The fraction of sp³-hybridized carbons (Fsp3) is 0.167. The number of hydrogen-bond acceptors (Lipinski definition) is 3. The lowest BCUT2D eigenvalue weighted by molar-refractivity contribution is -0.113. The summed E-state index contributed by atoms with van der Waals surface area (Å²) in [5.41, 5.74) is 3.91. The number of carbonyl (C=O) groups excluding carboxylic acids is 1. The van der Waals surface area contributed by atoms with Crippen LogP contribution in [0, 0.1) is 13.8 Å².